The molecule has 35 heteroatoms. The number of aliphatic imine (C=N–C) groups is 1. The van der Waals surface area contributed by atoms with Crippen LogP contribution in [-0.4, -0.2) is 193 Å². The molecule has 0 radical (unpaired) electrons. The van der Waals surface area contributed by atoms with E-state index in [1.807, 2.05) is 24.3 Å². The van der Waals surface area contributed by atoms with Crippen molar-refractivity contribution in [1.29, 1.82) is 0 Å². The maximum absolute atomic E-state index is 14.8. The number of carboxylic acids is 1. The number of rotatable bonds is 48. The Labute approximate surface area is 605 Å². The number of para-hydroxylation sites is 1. The van der Waals surface area contributed by atoms with E-state index in [4.69, 9.17) is 22.9 Å². The first-order chi connectivity index (χ1) is 49.3. The number of nitrogens with two attached hydrogens (primary N) is 4. The lowest BCUT2D eigenvalue weighted by atomic mass is 9.96. The molecule has 104 heavy (non-hydrogen) atoms. The predicted molar refractivity (Wildman–Crippen MR) is 386 cm³/mol. The molecule has 4 rings (SSSR count). The summed E-state index contributed by atoms with van der Waals surface area (Å²) in [4.78, 5) is 200. The molecule has 0 unspecified atom stereocenters. The van der Waals surface area contributed by atoms with Gasteiger partial charge in [0, 0.05) is 86.6 Å². The van der Waals surface area contributed by atoms with Crippen LogP contribution >= 0.6 is 0 Å². The van der Waals surface area contributed by atoms with Crippen molar-refractivity contribution in [3.63, 3.8) is 0 Å². The average molecular weight is 1460 g/mol. The van der Waals surface area contributed by atoms with Gasteiger partial charge in [0.05, 0.1) is 18.7 Å². The molecule has 574 valence electrons. The van der Waals surface area contributed by atoms with Crippen LogP contribution in [0.2, 0.25) is 0 Å². The highest BCUT2D eigenvalue weighted by Crippen LogP contribution is 2.20. The summed E-state index contributed by atoms with van der Waals surface area (Å²) in [5, 5.41) is 40.4. The van der Waals surface area contributed by atoms with Gasteiger partial charge in [-0.1, -0.05) is 80.0 Å². The smallest absolute Gasteiger partial charge is 0.326 e. The molecule has 23 N–H and O–H groups in total. The summed E-state index contributed by atoms with van der Waals surface area (Å²) < 4.78 is 0. The van der Waals surface area contributed by atoms with E-state index in [1.165, 1.54) is 32.0 Å². The number of nitrogens with zero attached hydrogens (tertiary/aromatic N) is 3. The number of carbonyl (C=O) groups excluding carboxylic acids is 12. The Balaban J connectivity index is 1.59. The SMILES string of the molecule is CC[C@H](C)[C@H](NC(=O)[C@H](CCCCN)NC(=O)[C@H](Cc1cnc[nH]1)NC(=O)CCN[C@@H](Cc1c[nH]c2ccccc12)C(=O)NC(C)=O)C(=O)N[C@@H](CC(C)C)C(=O)N[C@@H](Cc1cnc[nH]1)C(=O)N[C@@H](CCCN=C(N)N)C(=O)N[C@@H](CC(C)C)C(=O)N[C@@H](CC(C)C)C(=O)N[C@@H](CCC(N)=O)C(=O)O. The fourth-order valence-corrected chi connectivity index (χ4v) is 11.4. The summed E-state index contributed by atoms with van der Waals surface area (Å²) in [5.74, 6) is -12.1. The first kappa shape index (κ1) is 86.1. The van der Waals surface area contributed by atoms with Gasteiger partial charge in [-0.15, -0.1) is 0 Å². The van der Waals surface area contributed by atoms with Gasteiger partial charge >= 0.3 is 5.97 Å². The van der Waals surface area contributed by atoms with Crippen molar-refractivity contribution >= 4 is 93.7 Å². The lowest BCUT2D eigenvalue weighted by Gasteiger charge is -2.30. The number of aromatic amines is 3. The van der Waals surface area contributed by atoms with Gasteiger partial charge in [0.1, 0.15) is 54.4 Å². The van der Waals surface area contributed by atoms with E-state index in [1.54, 1.807) is 61.6 Å². The van der Waals surface area contributed by atoms with Crippen LogP contribution in [0.4, 0.5) is 0 Å². The lowest BCUT2D eigenvalue weighted by molar-refractivity contribution is -0.143. The van der Waals surface area contributed by atoms with Gasteiger partial charge in [0.15, 0.2) is 5.96 Å². The number of aliphatic carboxylic acids is 1. The van der Waals surface area contributed by atoms with Crippen LogP contribution in [0.1, 0.15) is 156 Å². The quantitative estimate of drug-likeness (QED) is 0.0139. The average Bonchev–Trinajstić information content (AvgIpc) is 1.77. The molecule has 0 spiro atoms. The molecule has 3 aromatic heterocycles. The van der Waals surface area contributed by atoms with Crippen LogP contribution in [-0.2, 0) is 81.6 Å². The fourth-order valence-electron chi connectivity index (χ4n) is 11.4. The second-order valence-electron chi connectivity index (χ2n) is 27.3. The van der Waals surface area contributed by atoms with Crippen LogP contribution in [0.5, 0.6) is 0 Å². The number of carboxylic acid groups (broad SMARTS) is 1. The highest BCUT2D eigenvalue weighted by molar-refractivity contribution is 6.00. The summed E-state index contributed by atoms with van der Waals surface area (Å²) in [6, 6.07) is -5.76. The highest BCUT2D eigenvalue weighted by Gasteiger charge is 2.38. The molecular formula is C69H109N21O14. The number of carbonyl (C=O) groups is 13. The zero-order valence-electron chi connectivity index (χ0n) is 60.9. The number of imide groups is 1. The largest absolute Gasteiger partial charge is 0.480 e. The van der Waals surface area contributed by atoms with Crippen LogP contribution in [0, 0.1) is 23.7 Å². The molecule has 4 aromatic rings. The third-order valence-electron chi connectivity index (χ3n) is 17.0. The Bertz CT molecular complexity index is 3500. The molecule has 0 aliphatic heterocycles. The monoisotopic (exact) mass is 1460 g/mol. The van der Waals surface area contributed by atoms with Crippen molar-refractivity contribution in [2.24, 2.45) is 51.6 Å². The molecule has 12 amide bonds. The molecule has 0 fully saturated rings. The van der Waals surface area contributed by atoms with Crippen LogP contribution in [0.15, 0.2) is 60.5 Å². The first-order valence-corrected chi connectivity index (χ1v) is 35.3. The van der Waals surface area contributed by atoms with E-state index < -0.39 is 143 Å². The predicted octanol–water partition coefficient (Wildman–Crippen LogP) is -1.27. The van der Waals surface area contributed by atoms with E-state index in [9.17, 15) is 67.4 Å². The van der Waals surface area contributed by atoms with Crippen molar-refractivity contribution in [2.45, 2.75) is 219 Å². The third kappa shape index (κ3) is 30.7. The standard InChI is InChI=1S/C69H109N21O14/c1-10-40(8)58(90-60(95)47(18-13-14-23-70)83-65(100)54(30-43-33-74-35-79-43)82-57(93)22-25-76-50(61(96)81-41(9)91)29-42-32-78-46-17-12-11-16-45(42)46)67(102)89-53(28-39(6)7)64(99)88-55(31-44-34-75-36-80-44)66(101)84-48(19-15-24-77-69(72)73)59(94)86-52(27-38(4)5)63(98)87-51(26-37(2)3)62(97)85-49(68(103)104)20-21-56(71)92/h11-12,16-17,32-40,47-55,58,76,78H,10,13-15,18-31,70H2,1-9H3,(H2,71,92)(H,74,79)(H,75,80)(H,82,93)(H,83,100)(H,84,101)(H,85,97)(H,86,94)(H,87,98)(H,88,99)(H,89,102)(H,90,95)(H,103,104)(H4,72,73,77)(H,81,91,96)/t40-,47-,48-,49-,50-,51-,52-,53-,54-,55-,58-/m0/s1. The number of hydrogen-bond donors (Lipinski definition) is 19. The summed E-state index contributed by atoms with van der Waals surface area (Å²) in [7, 11) is 0. The maximum Gasteiger partial charge on any atom is 0.326 e. The Morgan fingerprint density at radius 3 is 1.47 bits per heavy atom. The number of benzene rings is 1. The molecule has 3 heterocycles. The topological polar surface area (TPSA) is 564 Å². The molecule has 0 aliphatic rings. The van der Waals surface area contributed by atoms with Gasteiger partial charge in [-0.25, -0.2) is 14.8 Å². The van der Waals surface area contributed by atoms with Gasteiger partial charge < -0.3 is 96.2 Å². The normalized spacial score (nSPS) is 14.5. The molecule has 1 aromatic carbocycles. The van der Waals surface area contributed by atoms with Crippen LogP contribution in [0.3, 0.4) is 0 Å². The number of amides is 12. The van der Waals surface area contributed by atoms with E-state index >= 15 is 0 Å². The molecule has 0 saturated carbocycles. The maximum atomic E-state index is 14.8. The number of aromatic nitrogens is 5. The van der Waals surface area contributed by atoms with Crippen LogP contribution in [0.25, 0.3) is 10.9 Å². The Kier molecular flexibility index (Phi) is 36.6. The number of hydrogen-bond acceptors (Lipinski definition) is 18. The third-order valence-corrected chi connectivity index (χ3v) is 17.0. The number of unbranched alkanes of at least 4 members (excludes halogenated alkanes) is 1. The Morgan fingerprint density at radius 1 is 0.519 bits per heavy atom. The van der Waals surface area contributed by atoms with Crippen molar-refractivity contribution in [1.82, 2.24) is 83.4 Å². The number of nitrogens with one attached hydrogen (secondary N) is 14. The minimum atomic E-state index is -1.52. The first-order valence-electron chi connectivity index (χ1n) is 35.3. The number of primary amides is 1. The Hall–Kier alpha value is -10.3. The molecule has 0 bridgehead atoms. The van der Waals surface area contributed by atoms with Gasteiger partial charge in [0.2, 0.25) is 70.9 Å². The number of H-pyrrole nitrogens is 3. The fraction of sp³-hybridized carbons (Fsp3) is 0.594. The lowest BCUT2D eigenvalue weighted by Crippen LogP contribution is -2.61. The summed E-state index contributed by atoms with van der Waals surface area (Å²) >= 11 is 0. The van der Waals surface area contributed by atoms with Crippen molar-refractivity contribution in [3.05, 3.63) is 72.5 Å². The molecular weight excluding hydrogens is 1350 g/mol. The van der Waals surface area contributed by atoms with Gasteiger partial charge in [0.25, 0.3) is 0 Å². The molecule has 11 atom stereocenters. The zero-order chi connectivity index (χ0) is 77.2. The number of imidazole rings is 2. The van der Waals surface area contributed by atoms with Gasteiger partial charge in [-0.05, 0) is 106 Å². The van der Waals surface area contributed by atoms with Crippen LogP contribution < -0.4 is 81.4 Å². The van der Waals surface area contributed by atoms with Crippen molar-refractivity contribution < 1.29 is 67.4 Å². The minimum absolute atomic E-state index is 0.00513. The number of fused-ring (bicyclic) bond motifs is 1. The summed E-state index contributed by atoms with van der Waals surface area (Å²) in [6.07, 6.45) is 7.57. The summed E-state index contributed by atoms with van der Waals surface area (Å²) in [5.41, 5.74) is 24.8. The zero-order valence-corrected chi connectivity index (χ0v) is 60.9. The Morgan fingerprint density at radius 2 is 0.990 bits per heavy atom. The number of guanidine groups is 1. The minimum Gasteiger partial charge on any atom is -0.480 e. The van der Waals surface area contributed by atoms with E-state index in [2.05, 4.69) is 88.4 Å². The molecule has 0 saturated heterocycles. The van der Waals surface area contributed by atoms with E-state index in [0.717, 1.165) is 16.5 Å². The van der Waals surface area contributed by atoms with Crippen molar-refractivity contribution in [2.75, 3.05) is 19.6 Å². The van der Waals surface area contributed by atoms with E-state index in [-0.39, 0.29) is 120 Å². The molecule has 0 aliphatic carbocycles. The second-order valence-corrected chi connectivity index (χ2v) is 27.3. The van der Waals surface area contributed by atoms with Gasteiger partial charge in [-0.2, -0.15) is 0 Å². The summed E-state index contributed by atoms with van der Waals surface area (Å²) in [6.45, 7) is 15.6. The second kappa shape index (κ2) is 44.3. The molecule has 35 nitrogen and oxygen atoms in total. The highest BCUT2D eigenvalue weighted by atomic mass is 16.4. The van der Waals surface area contributed by atoms with E-state index in [0.29, 0.717) is 30.7 Å². The van der Waals surface area contributed by atoms with Crippen molar-refractivity contribution in [3.8, 4) is 0 Å². The van der Waals surface area contributed by atoms with Gasteiger partial charge in [-0.3, -0.25) is 67.8 Å².